The Morgan fingerprint density at radius 3 is 2.62 bits per heavy atom. The van der Waals surface area contributed by atoms with Crippen molar-refractivity contribution >= 4 is 56.5 Å². The minimum Gasteiger partial charge on any atom is -0.321 e. The number of likely N-dealkylation sites (N-methyl/N-ethyl adjacent to an activating group) is 1. The maximum absolute atomic E-state index is 13.4. The van der Waals surface area contributed by atoms with E-state index in [1.54, 1.807) is 0 Å². The largest absolute Gasteiger partial charge is 0.344 e. The molecule has 1 aromatic heterocycles. The average molecular weight is 490 g/mol. The highest BCUT2D eigenvalue weighted by atomic mass is 35.5. The predicted molar refractivity (Wildman–Crippen MR) is 126 cm³/mol. The monoisotopic (exact) mass is 489 g/mol. The van der Waals surface area contributed by atoms with E-state index in [1.807, 2.05) is 42.5 Å². The topological polar surface area (TPSA) is 78.8 Å². The van der Waals surface area contributed by atoms with Crippen LogP contribution in [0.25, 0.3) is 5.57 Å². The van der Waals surface area contributed by atoms with Gasteiger partial charge in [-0.3, -0.25) is 4.79 Å². The molecule has 0 aliphatic carbocycles. The fourth-order valence-corrected chi connectivity index (χ4v) is 5.19. The van der Waals surface area contributed by atoms with Gasteiger partial charge in [0.15, 0.2) is 0 Å². The summed E-state index contributed by atoms with van der Waals surface area (Å²) in [6, 6.07) is 17.4. The van der Waals surface area contributed by atoms with E-state index in [-0.39, 0.29) is 16.4 Å². The van der Waals surface area contributed by atoms with Crippen LogP contribution in [0.5, 0.6) is 0 Å². The second-order valence-corrected chi connectivity index (χ2v) is 10.2. The molecule has 0 saturated carbocycles. The first-order valence-corrected chi connectivity index (χ1v) is 12.0. The smallest absolute Gasteiger partial charge is 0.321 e. The lowest BCUT2D eigenvalue weighted by Crippen LogP contribution is -2.35. The van der Waals surface area contributed by atoms with E-state index in [0.29, 0.717) is 16.9 Å². The number of thiophene rings is 1. The Morgan fingerprint density at radius 1 is 1.16 bits per heavy atom. The van der Waals surface area contributed by atoms with Gasteiger partial charge in [-0.1, -0.05) is 41.9 Å². The van der Waals surface area contributed by atoms with Crippen LogP contribution < -0.4 is 5.32 Å². The van der Waals surface area contributed by atoms with E-state index >= 15 is 0 Å². The van der Waals surface area contributed by atoms with Crippen LogP contribution in [0.2, 0.25) is 5.02 Å². The van der Waals surface area contributed by atoms with Crippen LogP contribution in [0, 0.1) is 5.82 Å². The van der Waals surface area contributed by atoms with Gasteiger partial charge < -0.3 is 5.32 Å². The first-order chi connectivity index (χ1) is 15.2. The van der Waals surface area contributed by atoms with Crippen molar-refractivity contribution in [3.8, 4) is 0 Å². The fourth-order valence-electron chi connectivity index (χ4n) is 3.16. The Balaban J connectivity index is 1.70. The molecule has 10 heteroatoms. The lowest BCUT2D eigenvalue weighted by Gasteiger charge is -2.24. The van der Waals surface area contributed by atoms with Crippen molar-refractivity contribution in [2.75, 3.05) is 12.4 Å². The van der Waals surface area contributed by atoms with Gasteiger partial charge >= 0.3 is 10.2 Å². The summed E-state index contributed by atoms with van der Waals surface area (Å²) < 4.78 is 42.5. The highest BCUT2D eigenvalue weighted by molar-refractivity contribution is 7.88. The molecular weight excluding hydrogens is 473 g/mol. The molecule has 0 fully saturated rings. The zero-order valence-electron chi connectivity index (χ0n) is 16.7. The number of rotatable bonds is 5. The summed E-state index contributed by atoms with van der Waals surface area (Å²) in [6.45, 7) is 0. The van der Waals surface area contributed by atoms with Gasteiger partial charge in [0.2, 0.25) is 0 Å². The number of hydrogen-bond acceptors (Lipinski definition) is 4. The molecule has 4 rings (SSSR count). The summed E-state index contributed by atoms with van der Waals surface area (Å²) >= 11 is 7.23. The molecule has 2 heterocycles. The molecule has 0 bridgehead atoms. The Morgan fingerprint density at radius 2 is 1.91 bits per heavy atom. The van der Waals surface area contributed by atoms with E-state index in [9.17, 15) is 17.6 Å². The molecule has 3 aromatic rings. The van der Waals surface area contributed by atoms with Gasteiger partial charge in [-0.2, -0.15) is 12.8 Å². The number of hydrogen-bond donors (Lipinski definition) is 1. The van der Waals surface area contributed by atoms with Gasteiger partial charge in [0.05, 0.1) is 11.2 Å². The summed E-state index contributed by atoms with van der Waals surface area (Å²) in [7, 11) is -2.78. The molecule has 6 nitrogen and oxygen atoms in total. The van der Waals surface area contributed by atoms with Crippen molar-refractivity contribution in [3.05, 3.63) is 92.5 Å². The van der Waals surface area contributed by atoms with Crippen molar-refractivity contribution in [1.82, 2.24) is 4.31 Å². The van der Waals surface area contributed by atoms with Crippen LogP contribution >= 0.6 is 22.9 Å². The van der Waals surface area contributed by atoms with Crippen molar-refractivity contribution in [2.24, 2.45) is 4.40 Å². The maximum Gasteiger partial charge on any atom is 0.344 e. The van der Waals surface area contributed by atoms with E-state index in [1.165, 1.54) is 36.7 Å². The van der Waals surface area contributed by atoms with Crippen molar-refractivity contribution in [2.45, 2.75) is 6.42 Å². The Bertz CT molecular complexity index is 1350. The van der Waals surface area contributed by atoms with Gasteiger partial charge in [-0.05, 0) is 35.9 Å². The summed E-state index contributed by atoms with van der Waals surface area (Å²) in [6.07, 6.45) is 1.89. The van der Waals surface area contributed by atoms with Crippen LogP contribution in [0.4, 0.5) is 10.1 Å². The number of carbonyl (C=O) groups is 1. The van der Waals surface area contributed by atoms with Gasteiger partial charge in [0.25, 0.3) is 5.91 Å². The van der Waals surface area contributed by atoms with Crippen molar-refractivity contribution in [3.63, 3.8) is 0 Å². The Hall–Kier alpha value is -3.01. The van der Waals surface area contributed by atoms with Crippen LogP contribution in [0.3, 0.4) is 0 Å². The summed E-state index contributed by atoms with van der Waals surface area (Å²) in [4.78, 5) is 14.8. The molecule has 2 aromatic carbocycles. The van der Waals surface area contributed by atoms with Crippen molar-refractivity contribution < 1.29 is 17.6 Å². The zero-order valence-corrected chi connectivity index (χ0v) is 19.1. The Labute approximate surface area is 193 Å². The number of benzene rings is 2. The third kappa shape index (κ3) is 4.59. The molecule has 1 aliphatic heterocycles. The molecule has 0 saturated heterocycles. The highest BCUT2D eigenvalue weighted by Gasteiger charge is 2.32. The van der Waals surface area contributed by atoms with Crippen LogP contribution in [-0.2, 0) is 21.4 Å². The van der Waals surface area contributed by atoms with E-state index in [2.05, 4.69) is 9.71 Å². The number of anilines is 1. The summed E-state index contributed by atoms with van der Waals surface area (Å²) in [5.74, 6) is -1.31. The first-order valence-electron chi connectivity index (χ1n) is 9.42. The number of allylic oxidation sites excluding steroid dienone is 1. The second-order valence-electron chi connectivity index (χ2n) is 6.95. The van der Waals surface area contributed by atoms with Crippen LogP contribution in [0.15, 0.2) is 70.8 Å². The molecular formula is C22H17ClFN3O3S2. The molecule has 1 aliphatic rings. The van der Waals surface area contributed by atoms with Crippen LogP contribution in [-0.4, -0.2) is 31.9 Å². The molecule has 0 spiro atoms. The van der Waals surface area contributed by atoms with Gasteiger partial charge in [0.1, 0.15) is 11.5 Å². The lowest BCUT2D eigenvalue weighted by atomic mass is 10.1. The van der Waals surface area contributed by atoms with Gasteiger partial charge in [0, 0.05) is 34.5 Å². The second kappa shape index (κ2) is 8.85. The number of carbonyl (C=O) groups excluding carboxylic acids is 1. The molecule has 32 heavy (non-hydrogen) atoms. The normalized spacial score (nSPS) is 15.2. The minimum atomic E-state index is -4.04. The third-order valence-corrected chi connectivity index (χ3v) is 7.43. The third-order valence-electron chi connectivity index (χ3n) is 4.77. The molecule has 164 valence electrons. The summed E-state index contributed by atoms with van der Waals surface area (Å²) in [5, 5.41) is 2.42. The van der Waals surface area contributed by atoms with Crippen molar-refractivity contribution in [1.29, 1.82) is 0 Å². The highest BCUT2D eigenvalue weighted by Crippen LogP contribution is 2.32. The number of nitrogens with zero attached hydrogens (tertiary/aromatic N) is 2. The molecule has 1 amide bonds. The summed E-state index contributed by atoms with van der Waals surface area (Å²) in [5.41, 5.74) is 1.65. The quantitative estimate of drug-likeness (QED) is 0.562. The van der Waals surface area contributed by atoms with Crippen LogP contribution in [0.1, 0.15) is 15.3 Å². The fraction of sp³-hybridized carbons (Fsp3) is 0.0909. The molecule has 0 unspecified atom stereocenters. The van der Waals surface area contributed by atoms with E-state index < -0.39 is 21.9 Å². The van der Waals surface area contributed by atoms with Gasteiger partial charge in [-0.15, -0.1) is 11.3 Å². The maximum atomic E-state index is 13.4. The first kappa shape index (κ1) is 22.2. The number of nitrogens with one attached hydrogen (secondary N) is 1. The number of halogens is 2. The average Bonchev–Trinajstić information content (AvgIpc) is 3.21. The predicted octanol–water partition coefficient (Wildman–Crippen LogP) is 4.74. The molecule has 1 N–H and O–H groups in total. The SMILES string of the molecule is CN1C(C(=O)Nc2ccc(F)c(Cl)c2)=C(c2ccc(Cc3ccccc3)s2)C=NS1(=O)=O. The lowest BCUT2D eigenvalue weighted by molar-refractivity contribution is -0.113. The van der Waals surface area contributed by atoms with Gasteiger partial charge in [-0.25, -0.2) is 8.70 Å². The standard InChI is InChI=1S/C22H17ClFN3O3S2/c1-27-21(22(28)26-15-7-9-19(24)18(23)12-15)17(13-25-32(27,29)30)20-10-8-16(31-20)11-14-5-3-2-4-6-14/h2-10,12-13H,11H2,1H3,(H,26,28). The minimum absolute atomic E-state index is 0.0893. The molecule has 0 atom stereocenters. The van der Waals surface area contributed by atoms with E-state index in [0.717, 1.165) is 20.8 Å². The molecule has 0 radical (unpaired) electrons. The van der Waals surface area contributed by atoms with E-state index in [4.69, 9.17) is 11.6 Å². The Kier molecular flexibility index (Phi) is 6.14. The zero-order chi connectivity index (χ0) is 22.9. The number of amides is 1.